The maximum Gasteiger partial charge on any atom is 0.0404 e. The molecule has 2 heteroatoms. The summed E-state index contributed by atoms with van der Waals surface area (Å²) in [5, 5.41) is 0. The topological polar surface area (TPSA) is 29.3 Å². The molecule has 0 aliphatic heterocycles. The molecule has 2 nitrogen and oxygen atoms in total. The van der Waals surface area contributed by atoms with Gasteiger partial charge in [-0.2, -0.15) is 0 Å². The number of anilines is 1. The quantitative estimate of drug-likeness (QED) is 0.869. The molecular weight excluding hydrogens is 244 g/mol. The average Bonchev–Trinajstić information content (AvgIpc) is 2.46. The zero-order valence-electron chi connectivity index (χ0n) is 12.4. The van der Waals surface area contributed by atoms with Crippen molar-refractivity contribution in [3.8, 4) is 0 Å². The van der Waals surface area contributed by atoms with Crippen LogP contribution in [0.25, 0.3) is 0 Å². The van der Waals surface area contributed by atoms with Crippen molar-refractivity contribution in [3.05, 3.63) is 65.7 Å². The fraction of sp³-hybridized carbons (Fsp3) is 0.333. The van der Waals surface area contributed by atoms with Crippen LogP contribution < -0.4 is 10.6 Å². The fourth-order valence-electron chi connectivity index (χ4n) is 2.55. The average molecular weight is 268 g/mol. The van der Waals surface area contributed by atoms with Gasteiger partial charge < -0.3 is 10.6 Å². The van der Waals surface area contributed by atoms with E-state index >= 15 is 0 Å². The maximum absolute atomic E-state index is 5.77. The number of hydrogen-bond acceptors (Lipinski definition) is 2. The molecule has 0 fully saturated rings. The summed E-state index contributed by atoms with van der Waals surface area (Å²) < 4.78 is 0. The van der Waals surface area contributed by atoms with E-state index in [1.807, 2.05) is 0 Å². The van der Waals surface area contributed by atoms with Gasteiger partial charge in [-0.25, -0.2) is 0 Å². The lowest BCUT2D eigenvalue weighted by atomic mass is 10.0. The third-order valence-corrected chi connectivity index (χ3v) is 3.53. The number of benzene rings is 2. The minimum atomic E-state index is 0.454. The second-order valence-corrected chi connectivity index (χ2v) is 5.37. The summed E-state index contributed by atoms with van der Waals surface area (Å²) in [4.78, 5) is 2.39. The Bertz CT molecular complexity index is 520. The van der Waals surface area contributed by atoms with Crippen LogP contribution in [0, 0.1) is 0 Å². The Balaban J connectivity index is 2.29. The van der Waals surface area contributed by atoms with Crippen molar-refractivity contribution < 1.29 is 0 Å². The van der Waals surface area contributed by atoms with Crippen LogP contribution >= 0.6 is 0 Å². The fourth-order valence-corrected chi connectivity index (χ4v) is 2.55. The van der Waals surface area contributed by atoms with Gasteiger partial charge in [0.05, 0.1) is 0 Å². The Morgan fingerprint density at radius 3 is 2.25 bits per heavy atom. The number of rotatable bonds is 6. The van der Waals surface area contributed by atoms with E-state index in [0.717, 1.165) is 13.0 Å². The van der Waals surface area contributed by atoms with Crippen LogP contribution in [0.4, 0.5) is 5.69 Å². The van der Waals surface area contributed by atoms with E-state index in [4.69, 9.17) is 5.73 Å². The first-order valence-electron chi connectivity index (χ1n) is 7.31. The van der Waals surface area contributed by atoms with Crippen molar-refractivity contribution in [3.63, 3.8) is 0 Å². The van der Waals surface area contributed by atoms with Gasteiger partial charge >= 0.3 is 0 Å². The molecule has 0 amide bonds. The molecule has 0 radical (unpaired) electrons. The van der Waals surface area contributed by atoms with Crippen LogP contribution in [0.5, 0.6) is 0 Å². The molecule has 0 atom stereocenters. The molecule has 0 unspecified atom stereocenters. The zero-order chi connectivity index (χ0) is 14.4. The molecule has 0 spiro atoms. The summed E-state index contributed by atoms with van der Waals surface area (Å²) in [5.74, 6) is 0. The van der Waals surface area contributed by atoms with Gasteiger partial charge in [-0.15, -0.1) is 0 Å². The van der Waals surface area contributed by atoms with Gasteiger partial charge in [0, 0.05) is 24.8 Å². The molecule has 0 bridgehead atoms. The molecule has 106 valence electrons. The number of para-hydroxylation sites is 1. The molecule has 2 N–H and O–H groups in total. The second kappa shape index (κ2) is 7.11. The highest BCUT2D eigenvalue weighted by Gasteiger charge is 2.13. The summed E-state index contributed by atoms with van der Waals surface area (Å²) in [7, 11) is 0. The van der Waals surface area contributed by atoms with Crippen molar-refractivity contribution >= 4 is 5.69 Å². The van der Waals surface area contributed by atoms with Gasteiger partial charge in [0.15, 0.2) is 0 Å². The predicted molar refractivity (Wildman–Crippen MR) is 87.2 cm³/mol. The Kier molecular flexibility index (Phi) is 5.19. The van der Waals surface area contributed by atoms with Crippen molar-refractivity contribution in [1.82, 2.24) is 0 Å². The minimum absolute atomic E-state index is 0.454. The number of nitrogens with two attached hydrogens (primary N) is 1. The van der Waals surface area contributed by atoms with Gasteiger partial charge in [0.1, 0.15) is 0 Å². The first-order valence-corrected chi connectivity index (χ1v) is 7.31. The van der Waals surface area contributed by atoms with Crippen LogP contribution in [-0.2, 0) is 6.42 Å². The summed E-state index contributed by atoms with van der Waals surface area (Å²) in [5.41, 5.74) is 9.77. The molecule has 20 heavy (non-hydrogen) atoms. The largest absolute Gasteiger partial charge is 0.368 e. The van der Waals surface area contributed by atoms with Gasteiger partial charge in [-0.1, -0.05) is 48.5 Å². The Morgan fingerprint density at radius 1 is 0.950 bits per heavy atom. The van der Waals surface area contributed by atoms with E-state index in [-0.39, 0.29) is 0 Å². The lowest BCUT2D eigenvalue weighted by Gasteiger charge is -2.30. The van der Waals surface area contributed by atoms with E-state index in [2.05, 4.69) is 73.3 Å². The first-order chi connectivity index (χ1) is 9.72. The van der Waals surface area contributed by atoms with Crippen molar-refractivity contribution in [2.75, 3.05) is 18.0 Å². The molecule has 0 saturated carbocycles. The second-order valence-electron chi connectivity index (χ2n) is 5.37. The van der Waals surface area contributed by atoms with Gasteiger partial charge in [-0.05, 0) is 37.5 Å². The zero-order valence-corrected chi connectivity index (χ0v) is 12.4. The summed E-state index contributed by atoms with van der Waals surface area (Å²) in [6.07, 6.45) is 0.963. The molecule has 0 aliphatic carbocycles. The smallest absolute Gasteiger partial charge is 0.0404 e. The normalized spacial score (nSPS) is 10.8. The van der Waals surface area contributed by atoms with E-state index in [1.165, 1.54) is 16.8 Å². The van der Waals surface area contributed by atoms with Crippen molar-refractivity contribution in [2.24, 2.45) is 5.73 Å². The molecule has 0 aliphatic rings. The number of hydrogen-bond donors (Lipinski definition) is 1. The van der Waals surface area contributed by atoms with E-state index in [9.17, 15) is 0 Å². The first kappa shape index (κ1) is 14.6. The van der Waals surface area contributed by atoms with Crippen LogP contribution in [0.1, 0.15) is 25.0 Å². The Morgan fingerprint density at radius 2 is 1.60 bits per heavy atom. The third kappa shape index (κ3) is 3.61. The maximum atomic E-state index is 5.77. The third-order valence-electron chi connectivity index (χ3n) is 3.53. The highest BCUT2D eigenvalue weighted by Crippen LogP contribution is 2.24. The number of nitrogens with zero attached hydrogens (tertiary/aromatic N) is 1. The SMILES string of the molecule is CC(C)N(CCN)c1ccccc1Cc1ccccc1. The minimum Gasteiger partial charge on any atom is -0.368 e. The predicted octanol–water partition coefficient (Wildman–Crippen LogP) is 3.45. The summed E-state index contributed by atoms with van der Waals surface area (Å²) in [6, 6.07) is 19.7. The highest BCUT2D eigenvalue weighted by atomic mass is 15.2. The molecule has 2 aromatic rings. The van der Waals surface area contributed by atoms with Crippen LogP contribution in [0.15, 0.2) is 54.6 Å². The van der Waals surface area contributed by atoms with E-state index in [1.54, 1.807) is 0 Å². The van der Waals surface area contributed by atoms with Crippen LogP contribution in [-0.4, -0.2) is 19.1 Å². The van der Waals surface area contributed by atoms with E-state index < -0.39 is 0 Å². The lowest BCUT2D eigenvalue weighted by molar-refractivity contribution is 0.681. The molecular formula is C18H24N2. The Hall–Kier alpha value is -1.80. The summed E-state index contributed by atoms with van der Waals surface area (Å²) >= 11 is 0. The standard InChI is InChI=1S/C18H24N2/c1-15(2)20(13-12-19)18-11-7-6-10-17(18)14-16-8-4-3-5-9-16/h3-11,15H,12-14,19H2,1-2H3. The molecule has 2 aromatic carbocycles. The molecule has 0 heterocycles. The van der Waals surface area contributed by atoms with Crippen molar-refractivity contribution in [1.29, 1.82) is 0 Å². The van der Waals surface area contributed by atoms with Gasteiger partial charge in [0.25, 0.3) is 0 Å². The molecule has 0 saturated heterocycles. The van der Waals surface area contributed by atoms with Crippen LogP contribution in [0.3, 0.4) is 0 Å². The van der Waals surface area contributed by atoms with Crippen molar-refractivity contribution in [2.45, 2.75) is 26.3 Å². The van der Waals surface area contributed by atoms with Gasteiger partial charge in [0.2, 0.25) is 0 Å². The monoisotopic (exact) mass is 268 g/mol. The Labute approximate surface area is 122 Å². The summed E-state index contributed by atoms with van der Waals surface area (Å²) in [6.45, 7) is 6.01. The van der Waals surface area contributed by atoms with E-state index in [0.29, 0.717) is 12.6 Å². The van der Waals surface area contributed by atoms with Gasteiger partial charge in [-0.3, -0.25) is 0 Å². The van der Waals surface area contributed by atoms with Crippen LogP contribution in [0.2, 0.25) is 0 Å². The molecule has 0 aromatic heterocycles. The molecule has 2 rings (SSSR count). The lowest BCUT2D eigenvalue weighted by Crippen LogP contribution is -2.36. The highest BCUT2D eigenvalue weighted by molar-refractivity contribution is 5.55.